The molecule has 0 aliphatic heterocycles. The van der Waals surface area contributed by atoms with Crippen molar-refractivity contribution in [1.29, 1.82) is 0 Å². The molecule has 0 fully saturated rings. The fourth-order valence-corrected chi connectivity index (χ4v) is 2.69. The van der Waals surface area contributed by atoms with Crippen molar-refractivity contribution in [2.24, 2.45) is 0 Å². The molecule has 0 aliphatic carbocycles. The fraction of sp³-hybridized carbons (Fsp3) is 0.273. The molecule has 0 bridgehead atoms. The molecule has 0 aliphatic rings. The van der Waals surface area contributed by atoms with Crippen LogP contribution in [0.4, 0.5) is 5.82 Å². The summed E-state index contributed by atoms with van der Waals surface area (Å²) in [5, 5.41) is 4.01. The molecule has 0 radical (unpaired) electrons. The molecule has 2 aromatic rings. The minimum atomic E-state index is -3.66. The highest BCUT2D eigenvalue weighted by Crippen LogP contribution is 2.16. The number of nitrogens with one attached hydrogen (secondary N) is 1. The van der Waals surface area contributed by atoms with Gasteiger partial charge in [-0.2, -0.15) is 5.10 Å². The second kappa shape index (κ2) is 5.30. The molecule has 0 saturated heterocycles. The van der Waals surface area contributed by atoms with Gasteiger partial charge in [0.1, 0.15) is 15.3 Å². The number of anilines is 1. The Balaban J connectivity index is 2.27. The summed E-state index contributed by atoms with van der Waals surface area (Å²) in [6, 6.07) is 5.10. The van der Waals surface area contributed by atoms with Gasteiger partial charge in [-0.25, -0.2) is 13.4 Å². The van der Waals surface area contributed by atoms with Crippen LogP contribution in [0.1, 0.15) is 19.9 Å². The third-order valence-corrected chi connectivity index (χ3v) is 4.12. The van der Waals surface area contributed by atoms with Crippen LogP contribution in [0.3, 0.4) is 0 Å². The summed E-state index contributed by atoms with van der Waals surface area (Å²) in [5.74, 6) is 0.256. The average molecular weight is 345 g/mol. The van der Waals surface area contributed by atoms with Crippen molar-refractivity contribution in [3.05, 3.63) is 35.2 Å². The predicted octanol–water partition coefficient (Wildman–Crippen LogP) is 2.42. The van der Waals surface area contributed by atoms with E-state index in [9.17, 15) is 8.42 Å². The van der Waals surface area contributed by atoms with Crippen molar-refractivity contribution < 1.29 is 8.42 Å². The van der Waals surface area contributed by atoms with Crippen LogP contribution in [-0.2, 0) is 10.0 Å². The van der Waals surface area contributed by atoms with Crippen molar-refractivity contribution in [2.75, 3.05) is 4.72 Å². The van der Waals surface area contributed by atoms with Crippen LogP contribution in [-0.4, -0.2) is 23.2 Å². The molecule has 0 amide bonds. The van der Waals surface area contributed by atoms with E-state index in [2.05, 4.69) is 30.7 Å². The molecular formula is C11H13BrN4O2S. The van der Waals surface area contributed by atoms with Gasteiger partial charge in [-0.15, -0.1) is 0 Å². The summed E-state index contributed by atoms with van der Waals surface area (Å²) in [6.45, 7) is 3.85. The van der Waals surface area contributed by atoms with Gasteiger partial charge in [0.15, 0.2) is 0 Å². The van der Waals surface area contributed by atoms with Gasteiger partial charge >= 0.3 is 0 Å². The minimum absolute atomic E-state index is 0.105. The maximum atomic E-state index is 12.1. The lowest BCUT2D eigenvalue weighted by atomic mass is 10.4. The van der Waals surface area contributed by atoms with E-state index >= 15 is 0 Å². The van der Waals surface area contributed by atoms with Crippen molar-refractivity contribution in [2.45, 2.75) is 24.8 Å². The van der Waals surface area contributed by atoms with Gasteiger partial charge in [0.2, 0.25) is 0 Å². The van der Waals surface area contributed by atoms with Gasteiger partial charge in [0, 0.05) is 12.2 Å². The molecule has 1 N–H and O–H groups in total. The molecule has 0 atom stereocenters. The van der Waals surface area contributed by atoms with E-state index in [1.165, 1.54) is 12.4 Å². The van der Waals surface area contributed by atoms with Crippen molar-refractivity contribution in [1.82, 2.24) is 14.8 Å². The first-order valence-electron chi connectivity index (χ1n) is 5.58. The topological polar surface area (TPSA) is 76.9 Å². The number of nitrogens with zero attached hydrogens (tertiary/aromatic N) is 3. The first-order chi connectivity index (χ1) is 8.88. The molecule has 0 saturated carbocycles. The van der Waals surface area contributed by atoms with E-state index in [1.807, 2.05) is 13.8 Å². The Labute approximate surface area is 120 Å². The zero-order valence-corrected chi connectivity index (χ0v) is 12.8. The van der Waals surface area contributed by atoms with Crippen LogP contribution in [0.15, 0.2) is 40.1 Å². The molecule has 102 valence electrons. The SMILES string of the molecule is CC(C)n1cc(S(=O)(=O)Nc2cccc(Br)n2)cn1. The third-order valence-electron chi connectivity index (χ3n) is 2.37. The number of aromatic nitrogens is 3. The maximum Gasteiger partial charge on any atom is 0.266 e. The molecule has 0 spiro atoms. The Bertz CT molecular complexity index is 682. The summed E-state index contributed by atoms with van der Waals surface area (Å²) in [4.78, 5) is 4.14. The number of hydrogen-bond donors (Lipinski definition) is 1. The van der Waals surface area contributed by atoms with Gasteiger partial charge in [-0.3, -0.25) is 9.40 Å². The predicted molar refractivity (Wildman–Crippen MR) is 75.4 cm³/mol. The zero-order chi connectivity index (χ0) is 14.0. The third kappa shape index (κ3) is 3.32. The van der Waals surface area contributed by atoms with Crippen LogP contribution in [0, 0.1) is 0 Å². The number of pyridine rings is 1. The Morgan fingerprint density at radius 2 is 2.11 bits per heavy atom. The first kappa shape index (κ1) is 14.0. The normalized spacial score (nSPS) is 11.8. The number of hydrogen-bond acceptors (Lipinski definition) is 4. The average Bonchev–Trinajstić information content (AvgIpc) is 2.78. The number of rotatable bonds is 4. The Morgan fingerprint density at radius 1 is 1.37 bits per heavy atom. The quantitative estimate of drug-likeness (QED) is 0.864. The van der Waals surface area contributed by atoms with E-state index in [-0.39, 0.29) is 16.8 Å². The number of sulfonamides is 1. The van der Waals surface area contributed by atoms with Gasteiger partial charge in [0.25, 0.3) is 10.0 Å². The lowest BCUT2D eigenvalue weighted by Gasteiger charge is -2.06. The summed E-state index contributed by atoms with van der Waals surface area (Å²) in [7, 11) is -3.66. The van der Waals surface area contributed by atoms with Gasteiger partial charge in [0.05, 0.1) is 6.20 Å². The van der Waals surface area contributed by atoms with Crippen LogP contribution in [0.5, 0.6) is 0 Å². The second-order valence-corrected chi connectivity index (χ2v) is 6.70. The maximum absolute atomic E-state index is 12.1. The smallest absolute Gasteiger partial charge is 0.266 e. The molecule has 8 heteroatoms. The van der Waals surface area contributed by atoms with E-state index in [4.69, 9.17) is 0 Å². The minimum Gasteiger partial charge on any atom is -0.269 e. The standard InChI is InChI=1S/C11H13BrN4O2S/c1-8(2)16-7-9(6-13-16)19(17,18)15-11-5-3-4-10(12)14-11/h3-8H,1-2H3,(H,14,15). The van der Waals surface area contributed by atoms with Crippen LogP contribution in [0.25, 0.3) is 0 Å². The molecule has 6 nitrogen and oxygen atoms in total. The molecule has 2 aromatic heterocycles. The van der Waals surface area contributed by atoms with Gasteiger partial charge in [-0.1, -0.05) is 6.07 Å². The van der Waals surface area contributed by atoms with E-state index < -0.39 is 10.0 Å². The van der Waals surface area contributed by atoms with E-state index in [1.54, 1.807) is 22.9 Å². The molecule has 2 rings (SSSR count). The highest BCUT2D eigenvalue weighted by Gasteiger charge is 2.17. The van der Waals surface area contributed by atoms with Gasteiger partial charge in [-0.05, 0) is 41.9 Å². The fourth-order valence-electron chi connectivity index (χ4n) is 1.40. The summed E-state index contributed by atoms with van der Waals surface area (Å²) in [6.07, 6.45) is 2.81. The second-order valence-electron chi connectivity index (χ2n) is 4.20. The number of halogens is 1. The van der Waals surface area contributed by atoms with E-state index in [0.717, 1.165) is 0 Å². The Morgan fingerprint density at radius 3 is 2.68 bits per heavy atom. The van der Waals surface area contributed by atoms with Crippen LogP contribution in [0.2, 0.25) is 0 Å². The summed E-state index contributed by atoms with van der Waals surface area (Å²) < 4.78 is 28.8. The van der Waals surface area contributed by atoms with Crippen LogP contribution >= 0.6 is 15.9 Å². The molecule has 2 heterocycles. The highest BCUT2D eigenvalue weighted by molar-refractivity contribution is 9.10. The lowest BCUT2D eigenvalue weighted by molar-refractivity contribution is 0.531. The van der Waals surface area contributed by atoms with Crippen molar-refractivity contribution in [3.63, 3.8) is 0 Å². The van der Waals surface area contributed by atoms with E-state index in [0.29, 0.717) is 4.60 Å². The Kier molecular flexibility index (Phi) is 3.91. The van der Waals surface area contributed by atoms with Crippen molar-refractivity contribution in [3.8, 4) is 0 Å². The summed E-state index contributed by atoms with van der Waals surface area (Å²) >= 11 is 3.19. The molecule has 0 aromatic carbocycles. The van der Waals surface area contributed by atoms with Crippen LogP contribution < -0.4 is 4.72 Å². The van der Waals surface area contributed by atoms with Gasteiger partial charge < -0.3 is 0 Å². The first-order valence-corrected chi connectivity index (χ1v) is 7.85. The highest BCUT2D eigenvalue weighted by atomic mass is 79.9. The largest absolute Gasteiger partial charge is 0.269 e. The monoisotopic (exact) mass is 344 g/mol. The van der Waals surface area contributed by atoms with Crippen molar-refractivity contribution >= 4 is 31.8 Å². The summed E-state index contributed by atoms with van der Waals surface area (Å²) in [5.41, 5.74) is 0. The Hall–Kier alpha value is -1.41. The molecular weight excluding hydrogens is 332 g/mol. The molecule has 19 heavy (non-hydrogen) atoms. The zero-order valence-electron chi connectivity index (χ0n) is 10.4. The lowest BCUT2D eigenvalue weighted by Crippen LogP contribution is -2.13. The molecule has 0 unspecified atom stereocenters.